The van der Waals surface area contributed by atoms with Crippen LogP contribution < -0.4 is 0 Å². The fraction of sp³-hybridized carbons (Fsp3) is 0.692. The molecule has 1 amide bonds. The highest BCUT2D eigenvalue weighted by Gasteiger charge is 2.63. The molecular formula is C13H17Br2NO5S. The molecule has 6 nitrogen and oxygen atoms in total. The van der Waals surface area contributed by atoms with Crippen LogP contribution in [0.25, 0.3) is 0 Å². The third kappa shape index (κ3) is 2.40. The third-order valence-corrected chi connectivity index (χ3v) is 8.45. The normalized spacial score (nSPS) is 30.9. The summed E-state index contributed by atoms with van der Waals surface area (Å²) >= 11 is 6.40. The molecule has 2 aliphatic rings. The quantitative estimate of drug-likeness (QED) is 0.473. The van der Waals surface area contributed by atoms with Gasteiger partial charge in [-0.15, -0.1) is 0 Å². The van der Waals surface area contributed by atoms with Crippen LogP contribution in [0.2, 0.25) is 0 Å². The summed E-state index contributed by atoms with van der Waals surface area (Å²) in [5, 5.41) is -0.980. The van der Waals surface area contributed by atoms with Crippen LogP contribution in [-0.4, -0.2) is 53.1 Å². The smallest absolute Gasteiger partial charge is 0.260 e. The molecule has 0 radical (unpaired) electrons. The highest BCUT2D eigenvalue weighted by atomic mass is 79.9. The molecule has 0 aromatic heterocycles. The van der Waals surface area contributed by atoms with E-state index in [1.807, 2.05) is 0 Å². The number of methoxy groups -OCH3 is 1. The topological polar surface area (TPSA) is 80.8 Å². The van der Waals surface area contributed by atoms with E-state index in [4.69, 9.17) is 4.74 Å². The van der Waals surface area contributed by atoms with Gasteiger partial charge in [-0.2, -0.15) is 0 Å². The van der Waals surface area contributed by atoms with Crippen molar-refractivity contribution in [3.05, 3.63) is 11.3 Å². The fourth-order valence-electron chi connectivity index (χ4n) is 2.53. The summed E-state index contributed by atoms with van der Waals surface area (Å²) in [6.07, 6.45) is -1.07. The van der Waals surface area contributed by atoms with Crippen molar-refractivity contribution in [1.82, 2.24) is 4.90 Å². The van der Waals surface area contributed by atoms with Crippen LogP contribution in [0, 0.1) is 5.41 Å². The number of carbonyl (C=O) groups excluding carboxylic acids is 2. The molecule has 3 atom stereocenters. The molecule has 2 heterocycles. The number of carbonyl (C=O) groups is 2. The lowest BCUT2D eigenvalue weighted by Crippen LogP contribution is -2.71. The number of ether oxygens (including phenoxy) is 1. The number of alkyl halides is 2. The number of hydrogen-bond acceptors (Lipinski definition) is 5. The monoisotopic (exact) mass is 457 g/mol. The van der Waals surface area contributed by atoms with Crippen LogP contribution in [0.15, 0.2) is 11.3 Å². The average Bonchev–Trinajstić information content (AvgIpc) is 2.40. The second-order valence-electron chi connectivity index (χ2n) is 6.25. The van der Waals surface area contributed by atoms with Crippen molar-refractivity contribution in [1.29, 1.82) is 0 Å². The average molecular weight is 459 g/mol. The molecule has 22 heavy (non-hydrogen) atoms. The molecule has 0 aromatic rings. The summed E-state index contributed by atoms with van der Waals surface area (Å²) < 4.78 is 29.2. The largest absolute Gasteiger partial charge is 0.368 e. The molecule has 1 unspecified atom stereocenters. The predicted octanol–water partition coefficient (Wildman–Crippen LogP) is 1.58. The maximum Gasteiger partial charge on any atom is 0.260 e. The van der Waals surface area contributed by atoms with Gasteiger partial charge in [0.05, 0.1) is 5.70 Å². The third-order valence-electron chi connectivity index (χ3n) is 3.73. The zero-order chi connectivity index (χ0) is 17.0. The van der Waals surface area contributed by atoms with Crippen molar-refractivity contribution in [2.45, 2.75) is 36.4 Å². The highest BCUT2D eigenvalue weighted by Crippen LogP contribution is 2.45. The minimum absolute atomic E-state index is 0.157. The molecule has 0 N–H and O–H groups in total. The summed E-state index contributed by atoms with van der Waals surface area (Å²) in [5.74, 6) is -0.768. The Bertz CT molecular complexity index is 664. The molecule has 9 heteroatoms. The van der Waals surface area contributed by atoms with E-state index in [1.54, 1.807) is 20.8 Å². The number of β-lactam (4-membered cyclic amide) rings is 1. The number of ketones is 1. The van der Waals surface area contributed by atoms with Gasteiger partial charge in [-0.05, 0) is 5.57 Å². The number of sulfone groups is 1. The number of allylic oxidation sites excluding steroid dienone is 1. The Morgan fingerprint density at radius 2 is 1.91 bits per heavy atom. The first-order chi connectivity index (χ1) is 10.00. The Balaban J connectivity index is 2.68. The number of nitrogens with zero attached hydrogens (tertiary/aromatic N) is 1. The van der Waals surface area contributed by atoms with E-state index >= 15 is 0 Å². The van der Waals surface area contributed by atoms with E-state index in [9.17, 15) is 18.0 Å². The molecule has 2 aliphatic heterocycles. The second kappa shape index (κ2) is 5.68. The maximum absolute atomic E-state index is 12.7. The lowest BCUT2D eigenvalue weighted by Gasteiger charge is -2.50. The molecule has 0 aliphatic carbocycles. The summed E-state index contributed by atoms with van der Waals surface area (Å²) in [6, 6.07) is 0. The summed E-state index contributed by atoms with van der Waals surface area (Å²) in [5.41, 5.74) is -0.233. The standard InChI is InChI=1S/C13H17Br2NO5S/c1-13(2,3)9(17)7-6(5-14)10(15)22(19,20)12-8(21-4)11(18)16(7)12/h8,10,12H,5H2,1-4H3/t8-,10?,12-/m0/s1. The Kier molecular flexibility index (Phi) is 4.67. The van der Waals surface area contributed by atoms with Crippen LogP contribution in [-0.2, 0) is 24.2 Å². The van der Waals surface area contributed by atoms with Crippen LogP contribution in [0.5, 0.6) is 0 Å². The van der Waals surface area contributed by atoms with Crippen LogP contribution in [0.3, 0.4) is 0 Å². The first-order valence-corrected chi connectivity index (χ1v) is 10.2. The number of amides is 1. The minimum Gasteiger partial charge on any atom is -0.368 e. The highest BCUT2D eigenvalue weighted by molar-refractivity contribution is 9.11. The summed E-state index contributed by atoms with van der Waals surface area (Å²) in [6.45, 7) is 5.19. The maximum atomic E-state index is 12.7. The van der Waals surface area contributed by atoms with E-state index in [2.05, 4.69) is 31.9 Å². The van der Waals surface area contributed by atoms with Gasteiger partial charge in [-0.25, -0.2) is 8.42 Å². The Morgan fingerprint density at radius 3 is 2.32 bits per heavy atom. The van der Waals surface area contributed by atoms with Gasteiger partial charge < -0.3 is 4.74 Å². The van der Waals surface area contributed by atoms with Gasteiger partial charge in [0.1, 0.15) is 4.16 Å². The molecule has 0 bridgehead atoms. The van der Waals surface area contributed by atoms with Gasteiger partial charge in [0.25, 0.3) is 5.91 Å². The van der Waals surface area contributed by atoms with E-state index in [0.29, 0.717) is 5.57 Å². The molecule has 1 fully saturated rings. The van der Waals surface area contributed by atoms with Crippen LogP contribution >= 0.6 is 31.9 Å². The van der Waals surface area contributed by atoms with Gasteiger partial charge in [-0.3, -0.25) is 14.5 Å². The molecule has 124 valence electrons. The Labute approximate surface area is 146 Å². The number of fused-ring (bicyclic) bond motifs is 1. The molecule has 1 saturated heterocycles. The molecule has 0 aromatic carbocycles. The van der Waals surface area contributed by atoms with E-state index < -0.39 is 36.8 Å². The zero-order valence-corrected chi connectivity index (χ0v) is 16.6. The van der Waals surface area contributed by atoms with Crippen LogP contribution in [0.1, 0.15) is 20.8 Å². The SMILES string of the molecule is CO[C@H]1C(=O)N2C(C(=O)C(C)(C)C)=C(CBr)C(Br)S(=O)(=O)[C@@H]12. The first-order valence-electron chi connectivity index (χ1n) is 6.56. The first kappa shape index (κ1) is 18.1. The van der Waals surface area contributed by atoms with Gasteiger partial charge in [-0.1, -0.05) is 52.6 Å². The van der Waals surface area contributed by atoms with Crippen molar-refractivity contribution in [3.8, 4) is 0 Å². The van der Waals surface area contributed by atoms with E-state index in [-0.39, 0.29) is 16.8 Å². The van der Waals surface area contributed by atoms with Crippen molar-refractivity contribution in [3.63, 3.8) is 0 Å². The number of Topliss-reactive ketones (excluding diaryl/α,β-unsaturated/α-hetero) is 1. The molecule has 0 saturated carbocycles. The Hall–Kier alpha value is -0.250. The van der Waals surface area contributed by atoms with Crippen LogP contribution in [0.4, 0.5) is 0 Å². The molecule has 0 spiro atoms. The Morgan fingerprint density at radius 1 is 1.36 bits per heavy atom. The van der Waals surface area contributed by atoms with Crippen molar-refractivity contribution in [2.75, 3.05) is 12.4 Å². The van der Waals surface area contributed by atoms with E-state index in [1.165, 1.54) is 7.11 Å². The number of hydrogen-bond donors (Lipinski definition) is 0. The summed E-state index contributed by atoms with van der Waals surface area (Å²) in [7, 11) is -2.43. The van der Waals surface area contributed by atoms with Crippen molar-refractivity contribution < 1.29 is 22.7 Å². The lowest BCUT2D eigenvalue weighted by atomic mass is 9.86. The second-order valence-corrected chi connectivity index (χ2v) is 10.5. The fourth-order valence-corrected chi connectivity index (χ4v) is 6.72. The van der Waals surface area contributed by atoms with Crippen molar-refractivity contribution in [2.24, 2.45) is 5.41 Å². The molecule has 2 rings (SSSR count). The number of halogens is 2. The summed E-state index contributed by atoms with van der Waals surface area (Å²) in [4.78, 5) is 26.1. The van der Waals surface area contributed by atoms with Gasteiger partial charge in [0, 0.05) is 17.9 Å². The number of rotatable bonds is 3. The van der Waals surface area contributed by atoms with Gasteiger partial charge in [0.2, 0.25) is 0 Å². The molecular weight excluding hydrogens is 442 g/mol. The zero-order valence-electron chi connectivity index (χ0n) is 12.6. The predicted molar refractivity (Wildman–Crippen MR) is 88.3 cm³/mol. The van der Waals surface area contributed by atoms with Gasteiger partial charge in [0.15, 0.2) is 27.1 Å². The lowest BCUT2D eigenvalue weighted by molar-refractivity contribution is -0.161. The van der Waals surface area contributed by atoms with Gasteiger partial charge >= 0.3 is 0 Å². The van der Waals surface area contributed by atoms with E-state index in [0.717, 1.165) is 4.90 Å². The minimum atomic E-state index is -3.71. The van der Waals surface area contributed by atoms with Crippen molar-refractivity contribution >= 4 is 53.4 Å².